The standard InChI is InChI=1S/C27H37N5O6/c1-27(2,24(34)35)16-20(28)15-18-6-10-22(11-7-18)32-26(37)38-17-19-8-12-21(13-9-19)31-23(33)5-3-4-14-30-25(29)36/h6-13,20H,3-5,14-17,28H2,1-2H3,(H,31,33)(H,32,37)(H,34,35)(H3,29,30,36). The van der Waals surface area contributed by atoms with Gasteiger partial charge in [-0.15, -0.1) is 0 Å². The highest BCUT2D eigenvalue weighted by Crippen LogP contribution is 2.23. The van der Waals surface area contributed by atoms with Gasteiger partial charge in [0.1, 0.15) is 6.61 Å². The molecule has 0 saturated carbocycles. The summed E-state index contributed by atoms with van der Waals surface area (Å²) in [6, 6.07) is 13.2. The largest absolute Gasteiger partial charge is 0.481 e. The monoisotopic (exact) mass is 527 g/mol. The molecule has 11 nitrogen and oxygen atoms in total. The number of carboxylic acid groups (broad SMARTS) is 1. The van der Waals surface area contributed by atoms with Crippen LogP contribution in [-0.2, 0) is 27.4 Å². The Morgan fingerprint density at radius 3 is 2.08 bits per heavy atom. The van der Waals surface area contributed by atoms with E-state index in [1.165, 1.54) is 0 Å². The second-order valence-electron chi connectivity index (χ2n) is 9.75. The van der Waals surface area contributed by atoms with Crippen LogP contribution in [0.1, 0.15) is 50.7 Å². The second-order valence-corrected chi connectivity index (χ2v) is 9.75. The van der Waals surface area contributed by atoms with Crippen molar-refractivity contribution in [2.24, 2.45) is 16.9 Å². The Bertz CT molecular complexity index is 1090. The Morgan fingerprint density at radius 2 is 1.50 bits per heavy atom. The first-order valence-corrected chi connectivity index (χ1v) is 12.4. The maximum absolute atomic E-state index is 12.2. The van der Waals surface area contributed by atoms with E-state index in [1.807, 2.05) is 12.1 Å². The van der Waals surface area contributed by atoms with Gasteiger partial charge in [-0.3, -0.25) is 14.9 Å². The van der Waals surface area contributed by atoms with Crippen molar-refractivity contribution in [3.05, 3.63) is 59.7 Å². The lowest BCUT2D eigenvalue weighted by Crippen LogP contribution is -2.34. The van der Waals surface area contributed by atoms with Crippen LogP contribution >= 0.6 is 0 Å². The first-order chi connectivity index (χ1) is 17.9. The third kappa shape index (κ3) is 11.3. The number of primary amides is 1. The van der Waals surface area contributed by atoms with Crippen LogP contribution in [0.15, 0.2) is 48.5 Å². The van der Waals surface area contributed by atoms with Gasteiger partial charge in [0.05, 0.1) is 5.41 Å². The molecule has 206 valence electrons. The molecule has 0 saturated heterocycles. The summed E-state index contributed by atoms with van der Waals surface area (Å²) < 4.78 is 5.27. The molecule has 0 bridgehead atoms. The minimum absolute atomic E-state index is 0.0548. The number of anilines is 2. The number of nitrogens with one attached hydrogen (secondary N) is 3. The highest BCUT2D eigenvalue weighted by atomic mass is 16.5. The molecule has 0 aromatic heterocycles. The van der Waals surface area contributed by atoms with E-state index in [9.17, 15) is 24.3 Å². The number of amides is 4. The Morgan fingerprint density at radius 1 is 0.921 bits per heavy atom. The number of aliphatic carboxylic acids is 1. The minimum atomic E-state index is -0.897. The van der Waals surface area contributed by atoms with Crippen LogP contribution < -0.4 is 27.4 Å². The van der Waals surface area contributed by atoms with E-state index in [1.54, 1.807) is 50.2 Å². The summed E-state index contributed by atoms with van der Waals surface area (Å²) in [7, 11) is 0. The maximum Gasteiger partial charge on any atom is 0.411 e. The quantitative estimate of drug-likeness (QED) is 0.203. The number of carboxylic acids is 1. The molecule has 11 heteroatoms. The van der Waals surface area contributed by atoms with E-state index in [0.29, 0.717) is 50.0 Å². The van der Waals surface area contributed by atoms with Crippen molar-refractivity contribution in [2.75, 3.05) is 17.2 Å². The molecule has 38 heavy (non-hydrogen) atoms. The average molecular weight is 528 g/mol. The van der Waals surface area contributed by atoms with Crippen LogP contribution in [0.5, 0.6) is 0 Å². The zero-order chi connectivity index (χ0) is 28.1. The van der Waals surface area contributed by atoms with Crippen LogP contribution in [0.3, 0.4) is 0 Å². The summed E-state index contributed by atoms with van der Waals surface area (Å²) in [5.74, 6) is -1.02. The van der Waals surface area contributed by atoms with Gasteiger partial charge in [0.2, 0.25) is 5.91 Å². The average Bonchev–Trinajstić information content (AvgIpc) is 2.84. The highest BCUT2D eigenvalue weighted by molar-refractivity contribution is 5.90. The number of urea groups is 1. The van der Waals surface area contributed by atoms with Crippen molar-refractivity contribution in [3.63, 3.8) is 0 Å². The lowest BCUT2D eigenvalue weighted by molar-refractivity contribution is -0.147. The fourth-order valence-corrected chi connectivity index (χ4v) is 3.67. The van der Waals surface area contributed by atoms with Gasteiger partial charge in [-0.1, -0.05) is 24.3 Å². The van der Waals surface area contributed by atoms with Crippen molar-refractivity contribution < 1.29 is 29.0 Å². The van der Waals surface area contributed by atoms with E-state index in [-0.39, 0.29) is 18.6 Å². The van der Waals surface area contributed by atoms with Gasteiger partial charge < -0.3 is 31.9 Å². The molecule has 2 aromatic rings. The number of carbonyl (C=O) groups excluding carboxylic acids is 3. The topological polar surface area (TPSA) is 186 Å². The number of hydrogen-bond donors (Lipinski definition) is 6. The molecule has 4 amide bonds. The molecule has 2 aromatic carbocycles. The summed E-state index contributed by atoms with van der Waals surface area (Å²) in [6.45, 7) is 3.79. The number of benzene rings is 2. The van der Waals surface area contributed by atoms with Gasteiger partial charge in [-0.05, 0) is 74.9 Å². The van der Waals surface area contributed by atoms with Gasteiger partial charge in [0, 0.05) is 30.4 Å². The van der Waals surface area contributed by atoms with Gasteiger partial charge >= 0.3 is 18.1 Å². The van der Waals surface area contributed by atoms with Crippen LogP contribution in [0, 0.1) is 5.41 Å². The van der Waals surface area contributed by atoms with Gasteiger partial charge in [0.15, 0.2) is 0 Å². The highest BCUT2D eigenvalue weighted by Gasteiger charge is 2.29. The van der Waals surface area contributed by atoms with E-state index >= 15 is 0 Å². The zero-order valence-electron chi connectivity index (χ0n) is 21.8. The molecule has 0 aliphatic heterocycles. The molecular formula is C27H37N5O6. The van der Waals surface area contributed by atoms with Crippen LogP contribution in [-0.4, -0.2) is 41.7 Å². The van der Waals surface area contributed by atoms with Crippen LogP contribution in [0.4, 0.5) is 21.0 Å². The van der Waals surface area contributed by atoms with Crippen molar-refractivity contribution in [1.29, 1.82) is 0 Å². The molecule has 2 rings (SSSR count). The summed E-state index contributed by atoms with van der Waals surface area (Å²) >= 11 is 0. The second kappa shape index (κ2) is 14.6. The fraction of sp³-hybridized carbons (Fsp3) is 0.407. The molecule has 0 aliphatic carbocycles. The third-order valence-electron chi connectivity index (χ3n) is 5.79. The molecule has 0 spiro atoms. The predicted molar refractivity (Wildman–Crippen MR) is 144 cm³/mol. The Hall–Kier alpha value is -4.12. The number of unbranched alkanes of at least 4 members (excludes halogenated alkanes) is 1. The normalized spacial score (nSPS) is 11.8. The smallest absolute Gasteiger partial charge is 0.411 e. The molecule has 0 radical (unpaired) electrons. The third-order valence-corrected chi connectivity index (χ3v) is 5.79. The van der Waals surface area contributed by atoms with E-state index < -0.39 is 23.5 Å². The molecular weight excluding hydrogens is 490 g/mol. The van der Waals surface area contributed by atoms with Crippen LogP contribution in [0.2, 0.25) is 0 Å². The van der Waals surface area contributed by atoms with E-state index in [2.05, 4.69) is 16.0 Å². The fourth-order valence-electron chi connectivity index (χ4n) is 3.67. The number of nitrogens with two attached hydrogens (primary N) is 2. The van der Waals surface area contributed by atoms with Gasteiger partial charge in [-0.25, -0.2) is 9.59 Å². The summed E-state index contributed by atoms with van der Waals surface area (Å²) in [5, 5.41) is 17.2. The first kappa shape index (κ1) is 30.1. The first-order valence-electron chi connectivity index (χ1n) is 12.4. The predicted octanol–water partition coefficient (Wildman–Crippen LogP) is 3.58. The molecule has 0 fully saturated rings. The van der Waals surface area contributed by atoms with Crippen LogP contribution in [0.25, 0.3) is 0 Å². The molecule has 0 aliphatic rings. The number of ether oxygens (including phenoxy) is 1. The number of rotatable bonds is 14. The Balaban J connectivity index is 1.71. The Kier molecular flexibility index (Phi) is 11.5. The minimum Gasteiger partial charge on any atom is -0.481 e. The van der Waals surface area contributed by atoms with Crippen molar-refractivity contribution >= 4 is 35.4 Å². The molecule has 8 N–H and O–H groups in total. The van der Waals surface area contributed by atoms with Gasteiger partial charge in [0.25, 0.3) is 0 Å². The van der Waals surface area contributed by atoms with E-state index in [0.717, 1.165) is 11.1 Å². The molecule has 0 heterocycles. The Labute approximate surface area is 222 Å². The van der Waals surface area contributed by atoms with Crippen molar-refractivity contribution in [2.45, 2.75) is 58.6 Å². The summed E-state index contributed by atoms with van der Waals surface area (Å²) in [5.41, 5.74) is 13.1. The molecule has 1 atom stereocenters. The van der Waals surface area contributed by atoms with Gasteiger partial charge in [-0.2, -0.15) is 0 Å². The van der Waals surface area contributed by atoms with Crippen molar-refractivity contribution in [3.8, 4) is 0 Å². The summed E-state index contributed by atoms with van der Waals surface area (Å²) in [6.07, 6.45) is 1.85. The summed E-state index contributed by atoms with van der Waals surface area (Å²) in [4.78, 5) is 46.1. The molecule has 1 unspecified atom stereocenters. The maximum atomic E-state index is 12.2. The van der Waals surface area contributed by atoms with E-state index in [4.69, 9.17) is 16.2 Å². The lowest BCUT2D eigenvalue weighted by Gasteiger charge is -2.23. The number of carbonyl (C=O) groups is 4. The zero-order valence-corrected chi connectivity index (χ0v) is 21.8. The number of hydrogen-bond acceptors (Lipinski definition) is 6. The lowest BCUT2D eigenvalue weighted by atomic mass is 9.84. The SMILES string of the molecule is CC(C)(CC(N)Cc1ccc(NC(=O)OCc2ccc(NC(=O)CCCCNC(N)=O)cc2)cc1)C(=O)O. The van der Waals surface area contributed by atoms with Crippen molar-refractivity contribution in [1.82, 2.24) is 5.32 Å².